The van der Waals surface area contributed by atoms with Gasteiger partial charge >= 0.3 is 5.97 Å². The molecule has 8 heteroatoms. The minimum Gasteiger partial charge on any atom is -0.466 e. The summed E-state index contributed by atoms with van der Waals surface area (Å²) in [5.41, 5.74) is 5.64. The highest BCUT2D eigenvalue weighted by Gasteiger charge is 2.15. The highest BCUT2D eigenvalue weighted by Crippen LogP contribution is 2.11. The molecule has 0 bridgehead atoms. The van der Waals surface area contributed by atoms with Crippen molar-refractivity contribution < 1.29 is 19.2 Å². The van der Waals surface area contributed by atoms with Gasteiger partial charge in [-0.15, -0.1) is 11.3 Å². The van der Waals surface area contributed by atoms with Gasteiger partial charge < -0.3 is 15.3 Å². The second-order valence-electron chi connectivity index (χ2n) is 3.56. The van der Waals surface area contributed by atoms with Crippen molar-refractivity contribution in [1.29, 1.82) is 0 Å². The third-order valence-corrected chi connectivity index (χ3v) is 2.70. The Bertz CT molecular complexity index is 472. The molecule has 0 aliphatic heterocycles. The number of carbonyl (C=O) groups excluding carboxylic acids is 2. The van der Waals surface area contributed by atoms with Gasteiger partial charge in [0.2, 0.25) is 0 Å². The summed E-state index contributed by atoms with van der Waals surface area (Å²) >= 11 is 1.18. The third kappa shape index (κ3) is 4.66. The molecule has 1 radical (unpaired) electrons. The number of nitrogen functional groups attached to an aromatic ring is 1. The first-order valence-electron chi connectivity index (χ1n) is 5.54. The molecule has 1 aromatic heterocycles. The van der Waals surface area contributed by atoms with Crippen LogP contribution in [0.1, 0.15) is 19.5 Å². The van der Waals surface area contributed by atoms with E-state index in [1.165, 1.54) is 11.3 Å². The van der Waals surface area contributed by atoms with Crippen molar-refractivity contribution in [2.75, 3.05) is 18.9 Å². The zero-order valence-corrected chi connectivity index (χ0v) is 11.4. The average molecular weight is 284 g/mol. The molecule has 1 atom stereocenters. The summed E-state index contributed by atoms with van der Waals surface area (Å²) in [7, 11) is 0. The van der Waals surface area contributed by atoms with Gasteiger partial charge in [-0.05, 0) is 13.8 Å². The molecule has 0 fully saturated rings. The van der Waals surface area contributed by atoms with Crippen LogP contribution >= 0.6 is 11.3 Å². The quantitative estimate of drug-likeness (QED) is 0.450. The molecule has 1 rings (SSSR count). The lowest BCUT2D eigenvalue weighted by Gasteiger charge is -2.08. The van der Waals surface area contributed by atoms with E-state index in [-0.39, 0.29) is 18.3 Å². The van der Waals surface area contributed by atoms with Crippen molar-refractivity contribution in [2.45, 2.75) is 13.8 Å². The van der Waals surface area contributed by atoms with E-state index >= 15 is 0 Å². The van der Waals surface area contributed by atoms with E-state index in [2.05, 4.69) is 10.1 Å². The number of aromatic nitrogens is 1. The Hall–Kier alpha value is -1.96. The topological polar surface area (TPSA) is 104 Å². The van der Waals surface area contributed by atoms with Crippen molar-refractivity contribution >= 4 is 34.4 Å². The van der Waals surface area contributed by atoms with Crippen LogP contribution in [-0.4, -0.2) is 36.2 Å². The summed E-state index contributed by atoms with van der Waals surface area (Å²) in [6, 6.07) is 0. The number of carbonyl (C=O) groups is 1. The van der Waals surface area contributed by atoms with Gasteiger partial charge in [0.15, 0.2) is 10.8 Å². The number of anilines is 1. The van der Waals surface area contributed by atoms with Crippen LogP contribution in [0, 0.1) is 5.92 Å². The minimum absolute atomic E-state index is 0.00360. The minimum atomic E-state index is -0.475. The molecule has 1 unspecified atom stereocenters. The lowest BCUT2D eigenvalue weighted by atomic mass is 10.2. The fourth-order valence-corrected chi connectivity index (χ4v) is 1.63. The Morgan fingerprint density at radius 3 is 2.95 bits per heavy atom. The first-order chi connectivity index (χ1) is 9.08. The zero-order valence-electron chi connectivity index (χ0n) is 10.6. The Labute approximate surface area is 114 Å². The van der Waals surface area contributed by atoms with Gasteiger partial charge in [0.1, 0.15) is 12.3 Å². The molecular weight excluding hydrogens is 270 g/mol. The van der Waals surface area contributed by atoms with Gasteiger partial charge in [-0.3, -0.25) is 9.59 Å². The second-order valence-corrected chi connectivity index (χ2v) is 4.45. The smallest absolute Gasteiger partial charge is 0.312 e. The number of rotatable bonds is 7. The lowest BCUT2D eigenvalue weighted by Crippen LogP contribution is -2.19. The Kier molecular flexibility index (Phi) is 5.94. The number of nitrogens with zero attached hydrogens (tertiary/aromatic N) is 2. The van der Waals surface area contributed by atoms with Crippen LogP contribution in [-0.2, 0) is 19.2 Å². The van der Waals surface area contributed by atoms with Crippen LogP contribution in [0.4, 0.5) is 5.13 Å². The van der Waals surface area contributed by atoms with E-state index in [9.17, 15) is 9.59 Å². The Morgan fingerprint density at radius 1 is 1.68 bits per heavy atom. The van der Waals surface area contributed by atoms with E-state index in [0.29, 0.717) is 17.4 Å². The highest BCUT2D eigenvalue weighted by atomic mass is 32.1. The molecular formula is C11H14N3O4S. The van der Waals surface area contributed by atoms with Crippen LogP contribution in [0.2, 0.25) is 0 Å². The normalized spacial score (nSPS) is 12.8. The largest absolute Gasteiger partial charge is 0.466 e. The van der Waals surface area contributed by atoms with Crippen LogP contribution in [0.5, 0.6) is 0 Å². The lowest BCUT2D eigenvalue weighted by molar-refractivity contribution is -0.149. The van der Waals surface area contributed by atoms with Gasteiger partial charge in [-0.1, -0.05) is 5.16 Å². The maximum absolute atomic E-state index is 11.3. The van der Waals surface area contributed by atoms with Crippen LogP contribution in [0.15, 0.2) is 10.5 Å². The van der Waals surface area contributed by atoms with Crippen LogP contribution in [0.3, 0.4) is 0 Å². The fourth-order valence-electron chi connectivity index (χ4n) is 1.08. The van der Waals surface area contributed by atoms with E-state index in [0.717, 1.165) is 0 Å². The van der Waals surface area contributed by atoms with Gasteiger partial charge in [0.25, 0.3) is 6.29 Å². The van der Waals surface area contributed by atoms with E-state index in [1.807, 2.05) is 0 Å². The zero-order chi connectivity index (χ0) is 14.3. The second kappa shape index (κ2) is 7.47. The predicted molar refractivity (Wildman–Crippen MR) is 70.5 cm³/mol. The molecule has 0 saturated heterocycles. The number of ether oxygens (including phenoxy) is 1. The summed E-state index contributed by atoms with van der Waals surface area (Å²) in [5.74, 6) is -0.857. The van der Waals surface area contributed by atoms with Crippen molar-refractivity contribution in [3.63, 3.8) is 0 Å². The van der Waals surface area contributed by atoms with Crippen molar-refractivity contribution in [1.82, 2.24) is 4.98 Å². The first-order valence-corrected chi connectivity index (χ1v) is 6.42. The van der Waals surface area contributed by atoms with Gasteiger partial charge in [0.05, 0.1) is 12.5 Å². The average Bonchev–Trinajstić information content (AvgIpc) is 2.81. The standard InChI is InChI=1S/C11H14N3O4S/c1-3-17-10(16)7(2)5-18-14-8(4-15)9-6-19-11(12)13-9/h6-7H,3,5H2,1-2H3,(H2,12,13)/b14-8+. The van der Waals surface area contributed by atoms with Crippen LogP contribution < -0.4 is 5.73 Å². The molecule has 1 aromatic rings. The number of nitrogens with two attached hydrogens (primary N) is 1. The highest BCUT2D eigenvalue weighted by molar-refractivity contribution is 7.13. The SMILES string of the molecule is CCOC(=O)C(C)CO/N=C(\[C]=O)c1csc(N)n1. The van der Waals surface area contributed by atoms with Crippen molar-refractivity contribution in [2.24, 2.45) is 11.1 Å². The predicted octanol–water partition coefficient (Wildman–Crippen LogP) is 0.755. The first kappa shape index (κ1) is 15.1. The Morgan fingerprint density at radius 2 is 2.42 bits per heavy atom. The van der Waals surface area contributed by atoms with E-state index in [1.54, 1.807) is 25.5 Å². The number of thiazole rings is 1. The summed E-state index contributed by atoms with van der Waals surface area (Å²) in [6.45, 7) is 3.66. The number of oxime groups is 1. The van der Waals surface area contributed by atoms with Gasteiger partial charge in [-0.25, -0.2) is 4.98 Å². The van der Waals surface area contributed by atoms with Gasteiger partial charge in [0, 0.05) is 5.38 Å². The van der Waals surface area contributed by atoms with Crippen molar-refractivity contribution in [3.8, 4) is 0 Å². The molecule has 2 N–H and O–H groups in total. The molecule has 7 nitrogen and oxygen atoms in total. The number of hydrogen-bond donors (Lipinski definition) is 1. The molecule has 0 amide bonds. The summed E-state index contributed by atoms with van der Waals surface area (Å²) < 4.78 is 4.80. The molecule has 0 aromatic carbocycles. The number of hydrogen-bond acceptors (Lipinski definition) is 8. The molecule has 103 valence electrons. The van der Waals surface area contributed by atoms with Gasteiger partial charge in [-0.2, -0.15) is 0 Å². The maximum atomic E-state index is 11.3. The summed E-state index contributed by atoms with van der Waals surface area (Å²) in [5, 5.41) is 5.47. The molecule has 0 aliphatic carbocycles. The van der Waals surface area contributed by atoms with Crippen molar-refractivity contribution in [3.05, 3.63) is 11.1 Å². The van der Waals surface area contributed by atoms with E-state index in [4.69, 9.17) is 15.3 Å². The molecule has 19 heavy (non-hydrogen) atoms. The molecule has 0 spiro atoms. The monoisotopic (exact) mass is 284 g/mol. The van der Waals surface area contributed by atoms with Crippen LogP contribution in [0.25, 0.3) is 0 Å². The van der Waals surface area contributed by atoms with E-state index < -0.39 is 5.92 Å². The Balaban J connectivity index is 2.55. The summed E-state index contributed by atoms with van der Waals surface area (Å²) in [6.07, 6.45) is 1.61. The molecule has 0 saturated carbocycles. The maximum Gasteiger partial charge on any atom is 0.312 e. The third-order valence-electron chi connectivity index (χ3n) is 2.03. The molecule has 1 heterocycles. The summed E-state index contributed by atoms with van der Waals surface area (Å²) in [4.78, 5) is 30.8. The fraction of sp³-hybridized carbons (Fsp3) is 0.455. The molecule has 0 aliphatic rings. The number of esters is 1.